The summed E-state index contributed by atoms with van der Waals surface area (Å²) >= 11 is 0. The minimum absolute atomic E-state index is 0.0945. The van der Waals surface area contributed by atoms with Gasteiger partial charge in [0.1, 0.15) is 0 Å². The first-order valence-electron chi connectivity index (χ1n) is 5.29. The van der Waals surface area contributed by atoms with Crippen molar-refractivity contribution < 1.29 is 4.79 Å². The molecule has 0 unspecified atom stereocenters. The summed E-state index contributed by atoms with van der Waals surface area (Å²) in [5.41, 5.74) is 2.27. The monoisotopic (exact) mass is 215 g/mol. The Morgan fingerprint density at radius 3 is 2.69 bits per heavy atom. The number of aromatic nitrogens is 1. The summed E-state index contributed by atoms with van der Waals surface area (Å²) in [7, 11) is 0. The van der Waals surface area contributed by atoms with Crippen LogP contribution in [0.15, 0.2) is 29.1 Å². The Morgan fingerprint density at radius 1 is 1.25 bits per heavy atom. The van der Waals surface area contributed by atoms with Gasteiger partial charge in [-0.1, -0.05) is 19.1 Å². The molecule has 0 bridgehead atoms. The fourth-order valence-electron chi connectivity index (χ4n) is 1.83. The van der Waals surface area contributed by atoms with E-state index in [0.29, 0.717) is 12.0 Å². The van der Waals surface area contributed by atoms with Crippen LogP contribution < -0.4 is 5.56 Å². The van der Waals surface area contributed by atoms with E-state index in [4.69, 9.17) is 0 Å². The highest BCUT2D eigenvalue weighted by Crippen LogP contribution is 2.20. The van der Waals surface area contributed by atoms with E-state index in [2.05, 4.69) is 4.98 Å². The van der Waals surface area contributed by atoms with Crippen molar-refractivity contribution in [2.75, 3.05) is 0 Å². The molecule has 16 heavy (non-hydrogen) atoms. The summed E-state index contributed by atoms with van der Waals surface area (Å²) in [5.74, 6) is 0.0945. The molecule has 0 saturated carbocycles. The normalized spacial score (nSPS) is 10.6. The van der Waals surface area contributed by atoms with Gasteiger partial charge in [0.25, 0.3) is 0 Å². The number of Topliss-reactive ketones (excluding diaryl/α,β-unsaturated/α-hetero) is 1. The van der Waals surface area contributed by atoms with Crippen molar-refractivity contribution >= 4 is 16.7 Å². The van der Waals surface area contributed by atoms with E-state index in [0.717, 1.165) is 16.5 Å². The first kappa shape index (κ1) is 10.6. The zero-order valence-corrected chi connectivity index (χ0v) is 9.33. The Bertz CT molecular complexity index is 611. The SMILES string of the molecule is CCC(=O)c1ccc(C)c2[nH]c(=O)ccc12. The Hall–Kier alpha value is -1.90. The molecule has 0 fully saturated rings. The van der Waals surface area contributed by atoms with Gasteiger partial charge in [0.2, 0.25) is 5.56 Å². The molecule has 1 aromatic heterocycles. The maximum Gasteiger partial charge on any atom is 0.248 e. The highest BCUT2D eigenvalue weighted by Gasteiger charge is 2.09. The predicted molar refractivity (Wildman–Crippen MR) is 63.9 cm³/mol. The van der Waals surface area contributed by atoms with Gasteiger partial charge in [-0.05, 0) is 18.6 Å². The lowest BCUT2D eigenvalue weighted by Gasteiger charge is -2.06. The van der Waals surface area contributed by atoms with Gasteiger partial charge in [-0.15, -0.1) is 0 Å². The van der Waals surface area contributed by atoms with E-state index >= 15 is 0 Å². The number of benzene rings is 1. The number of ketones is 1. The molecular weight excluding hydrogens is 202 g/mol. The summed E-state index contributed by atoms with van der Waals surface area (Å²) in [6.07, 6.45) is 0.470. The number of nitrogens with one attached hydrogen (secondary N) is 1. The molecule has 0 spiro atoms. The summed E-state index contributed by atoms with van der Waals surface area (Å²) in [6, 6.07) is 6.85. The molecule has 0 amide bonds. The van der Waals surface area contributed by atoms with E-state index in [1.54, 1.807) is 6.07 Å². The van der Waals surface area contributed by atoms with Gasteiger partial charge in [0.15, 0.2) is 5.78 Å². The second kappa shape index (κ2) is 3.93. The van der Waals surface area contributed by atoms with E-state index < -0.39 is 0 Å². The average molecular weight is 215 g/mol. The molecule has 0 aliphatic rings. The van der Waals surface area contributed by atoms with E-state index in [1.165, 1.54) is 6.07 Å². The van der Waals surface area contributed by atoms with Crippen LogP contribution in [0, 0.1) is 6.92 Å². The number of carbonyl (C=O) groups is 1. The van der Waals surface area contributed by atoms with Crippen LogP contribution in [0.2, 0.25) is 0 Å². The summed E-state index contributed by atoms with van der Waals surface area (Å²) in [4.78, 5) is 25.7. The second-order valence-electron chi connectivity index (χ2n) is 3.82. The highest BCUT2D eigenvalue weighted by molar-refractivity contribution is 6.07. The zero-order chi connectivity index (χ0) is 11.7. The molecule has 3 nitrogen and oxygen atoms in total. The average Bonchev–Trinajstić information content (AvgIpc) is 2.29. The fraction of sp³-hybridized carbons (Fsp3) is 0.231. The smallest absolute Gasteiger partial charge is 0.248 e. The molecule has 3 heteroatoms. The molecule has 0 saturated heterocycles. The standard InChI is InChI=1S/C13H13NO2/c1-3-11(15)9-5-4-8(2)13-10(9)6-7-12(16)14-13/h4-7H,3H2,1-2H3,(H,14,16). The molecule has 0 radical (unpaired) electrons. The van der Waals surface area contributed by atoms with Crippen LogP contribution in [-0.2, 0) is 0 Å². The molecule has 0 atom stereocenters. The van der Waals surface area contributed by atoms with Crippen LogP contribution >= 0.6 is 0 Å². The van der Waals surface area contributed by atoms with Gasteiger partial charge in [-0.3, -0.25) is 9.59 Å². The Morgan fingerprint density at radius 2 is 2.00 bits per heavy atom. The van der Waals surface area contributed by atoms with Crippen molar-refractivity contribution in [2.45, 2.75) is 20.3 Å². The van der Waals surface area contributed by atoms with Gasteiger partial charge in [-0.2, -0.15) is 0 Å². The number of H-pyrrole nitrogens is 1. The third-order valence-corrected chi connectivity index (χ3v) is 2.72. The topological polar surface area (TPSA) is 49.9 Å². The largest absolute Gasteiger partial charge is 0.322 e. The third kappa shape index (κ3) is 1.65. The van der Waals surface area contributed by atoms with Crippen molar-refractivity contribution in [1.29, 1.82) is 0 Å². The first-order valence-corrected chi connectivity index (χ1v) is 5.29. The van der Waals surface area contributed by atoms with Gasteiger partial charge in [0.05, 0.1) is 5.52 Å². The number of hydrogen-bond acceptors (Lipinski definition) is 2. The molecule has 2 aromatic rings. The number of aryl methyl sites for hydroxylation is 1. The molecule has 1 heterocycles. The number of pyridine rings is 1. The van der Waals surface area contributed by atoms with Crippen LogP contribution in [0.3, 0.4) is 0 Å². The lowest BCUT2D eigenvalue weighted by molar-refractivity contribution is 0.0989. The van der Waals surface area contributed by atoms with Gasteiger partial charge >= 0.3 is 0 Å². The van der Waals surface area contributed by atoms with Crippen molar-refractivity contribution in [3.63, 3.8) is 0 Å². The van der Waals surface area contributed by atoms with Crippen molar-refractivity contribution in [3.8, 4) is 0 Å². The molecular formula is C13H13NO2. The number of fused-ring (bicyclic) bond motifs is 1. The van der Waals surface area contributed by atoms with Crippen LogP contribution in [0.1, 0.15) is 29.3 Å². The summed E-state index contributed by atoms with van der Waals surface area (Å²) < 4.78 is 0. The minimum atomic E-state index is -0.142. The molecule has 82 valence electrons. The predicted octanol–water partition coefficient (Wildman–Crippen LogP) is 2.43. The third-order valence-electron chi connectivity index (χ3n) is 2.72. The Balaban J connectivity index is 2.84. The summed E-state index contributed by atoms with van der Waals surface area (Å²) in [5, 5.41) is 0.825. The lowest BCUT2D eigenvalue weighted by atomic mass is 10.0. The van der Waals surface area contributed by atoms with E-state index in [-0.39, 0.29) is 11.3 Å². The van der Waals surface area contributed by atoms with Gasteiger partial charge in [-0.25, -0.2) is 0 Å². The molecule has 0 aliphatic carbocycles. The lowest BCUT2D eigenvalue weighted by Crippen LogP contribution is -2.06. The second-order valence-corrected chi connectivity index (χ2v) is 3.82. The van der Waals surface area contributed by atoms with Crippen LogP contribution in [0.25, 0.3) is 10.9 Å². The fourth-order valence-corrected chi connectivity index (χ4v) is 1.83. The molecule has 1 aromatic carbocycles. The van der Waals surface area contributed by atoms with Crippen molar-refractivity contribution in [2.24, 2.45) is 0 Å². The van der Waals surface area contributed by atoms with E-state index in [9.17, 15) is 9.59 Å². The van der Waals surface area contributed by atoms with Crippen LogP contribution in [0.4, 0.5) is 0 Å². The maximum absolute atomic E-state index is 11.7. The molecule has 1 N–H and O–H groups in total. The number of hydrogen-bond donors (Lipinski definition) is 1. The van der Waals surface area contributed by atoms with Gasteiger partial charge in [0, 0.05) is 23.4 Å². The number of rotatable bonds is 2. The first-order chi connectivity index (χ1) is 7.63. The summed E-state index contributed by atoms with van der Waals surface area (Å²) in [6.45, 7) is 3.75. The zero-order valence-electron chi connectivity index (χ0n) is 9.33. The van der Waals surface area contributed by atoms with Gasteiger partial charge < -0.3 is 4.98 Å². The van der Waals surface area contributed by atoms with Crippen molar-refractivity contribution in [3.05, 3.63) is 45.7 Å². The maximum atomic E-state index is 11.7. The van der Waals surface area contributed by atoms with Crippen LogP contribution in [0.5, 0.6) is 0 Å². The highest BCUT2D eigenvalue weighted by atomic mass is 16.1. The number of carbonyl (C=O) groups excluding carboxylic acids is 1. The van der Waals surface area contributed by atoms with Crippen LogP contribution in [-0.4, -0.2) is 10.8 Å². The Kier molecular flexibility index (Phi) is 2.60. The minimum Gasteiger partial charge on any atom is -0.322 e. The Labute approximate surface area is 93.1 Å². The van der Waals surface area contributed by atoms with E-state index in [1.807, 2.05) is 26.0 Å². The number of aromatic amines is 1. The molecule has 2 rings (SSSR count). The quantitative estimate of drug-likeness (QED) is 0.782. The van der Waals surface area contributed by atoms with Crippen molar-refractivity contribution in [1.82, 2.24) is 4.98 Å². The molecule has 0 aliphatic heterocycles.